The van der Waals surface area contributed by atoms with Crippen LogP contribution in [0.25, 0.3) is 0 Å². The first kappa shape index (κ1) is 10.3. The molecule has 0 atom stereocenters. The van der Waals surface area contributed by atoms with Gasteiger partial charge >= 0.3 is 0 Å². The molecule has 0 aliphatic carbocycles. The number of amides is 1. The van der Waals surface area contributed by atoms with E-state index in [1.807, 2.05) is 0 Å². The molecule has 0 spiro atoms. The van der Waals surface area contributed by atoms with Crippen LogP contribution in [0.2, 0.25) is 0 Å². The summed E-state index contributed by atoms with van der Waals surface area (Å²) in [6.45, 7) is 0.505. The predicted molar refractivity (Wildman–Crippen MR) is 56.7 cm³/mol. The molecule has 82 valence electrons. The molecular formula is C10H11N5O. The predicted octanol–water partition coefficient (Wildman–Crippen LogP) is 0.172. The van der Waals surface area contributed by atoms with E-state index in [1.54, 1.807) is 24.4 Å². The highest BCUT2D eigenvalue weighted by atomic mass is 16.1. The number of nitrogens with zero attached hydrogens (tertiary/aromatic N) is 3. The van der Waals surface area contributed by atoms with Gasteiger partial charge in [0.1, 0.15) is 17.8 Å². The Morgan fingerprint density at radius 1 is 1.38 bits per heavy atom. The Bertz CT molecular complexity index is 439. The third-order valence-electron chi connectivity index (χ3n) is 2.01. The lowest BCUT2D eigenvalue weighted by Crippen LogP contribution is -2.26. The van der Waals surface area contributed by atoms with Gasteiger partial charge in [-0.05, 0) is 12.1 Å². The van der Waals surface area contributed by atoms with Crippen molar-refractivity contribution in [1.82, 2.24) is 25.5 Å². The first-order valence-corrected chi connectivity index (χ1v) is 4.90. The highest BCUT2D eigenvalue weighted by Gasteiger charge is 2.05. The number of aromatic amines is 1. The average Bonchev–Trinajstić information content (AvgIpc) is 2.83. The van der Waals surface area contributed by atoms with E-state index < -0.39 is 0 Å². The van der Waals surface area contributed by atoms with Crippen molar-refractivity contribution in [1.29, 1.82) is 0 Å². The smallest absolute Gasteiger partial charge is 0.269 e. The van der Waals surface area contributed by atoms with E-state index in [2.05, 4.69) is 25.5 Å². The first-order chi connectivity index (χ1) is 7.86. The van der Waals surface area contributed by atoms with Crippen molar-refractivity contribution >= 4 is 5.91 Å². The van der Waals surface area contributed by atoms with Crippen LogP contribution < -0.4 is 5.32 Å². The molecule has 2 N–H and O–H groups in total. The number of pyridine rings is 1. The zero-order chi connectivity index (χ0) is 11.2. The lowest BCUT2D eigenvalue weighted by atomic mass is 10.3. The molecule has 0 bridgehead atoms. The maximum absolute atomic E-state index is 11.6. The molecule has 0 saturated carbocycles. The molecular weight excluding hydrogens is 206 g/mol. The summed E-state index contributed by atoms with van der Waals surface area (Å²) in [5.74, 6) is 0.571. The second-order valence-electron chi connectivity index (χ2n) is 3.15. The number of hydrogen-bond donors (Lipinski definition) is 2. The van der Waals surface area contributed by atoms with Gasteiger partial charge in [0.25, 0.3) is 5.91 Å². The van der Waals surface area contributed by atoms with E-state index in [1.165, 1.54) is 6.33 Å². The largest absolute Gasteiger partial charge is 0.350 e. The van der Waals surface area contributed by atoms with Crippen LogP contribution in [-0.4, -0.2) is 32.6 Å². The summed E-state index contributed by atoms with van der Waals surface area (Å²) in [6, 6.07) is 5.22. The highest BCUT2D eigenvalue weighted by molar-refractivity contribution is 5.92. The summed E-state index contributed by atoms with van der Waals surface area (Å²) in [5.41, 5.74) is 0.417. The van der Waals surface area contributed by atoms with Crippen molar-refractivity contribution in [3.63, 3.8) is 0 Å². The van der Waals surface area contributed by atoms with Crippen LogP contribution in [0.3, 0.4) is 0 Å². The lowest BCUT2D eigenvalue weighted by molar-refractivity contribution is 0.0949. The van der Waals surface area contributed by atoms with Gasteiger partial charge in [0, 0.05) is 19.2 Å². The highest BCUT2D eigenvalue weighted by Crippen LogP contribution is 1.93. The van der Waals surface area contributed by atoms with Crippen LogP contribution in [0.15, 0.2) is 30.7 Å². The van der Waals surface area contributed by atoms with Gasteiger partial charge < -0.3 is 5.32 Å². The van der Waals surface area contributed by atoms with Crippen LogP contribution in [0.5, 0.6) is 0 Å². The van der Waals surface area contributed by atoms with Crippen molar-refractivity contribution in [2.75, 3.05) is 6.54 Å². The first-order valence-electron chi connectivity index (χ1n) is 4.90. The molecule has 2 heterocycles. The Morgan fingerprint density at radius 2 is 2.31 bits per heavy atom. The fourth-order valence-corrected chi connectivity index (χ4v) is 1.23. The molecule has 6 nitrogen and oxygen atoms in total. The molecule has 0 saturated heterocycles. The topological polar surface area (TPSA) is 83.6 Å². The number of aromatic nitrogens is 4. The zero-order valence-electron chi connectivity index (χ0n) is 8.55. The molecule has 0 aromatic carbocycles. The van der Waals surface area contributed by atoms with E-state index in [0.29, 0.717) is 18.7 Å². The van der Waals surface area contributed by atoms with Gasteiger partial charge in [-0.25, -0.2) is 4.98 Å². The van der Waals surface area contributed by atoms with E-state index >= 15 is 0 Å². The normalized spacial score (nSPS) is 10.0. The zero-order valence-corrected chi connectivity index (χ0v) is 8.55. The Morgan fingerprint density at radius 3 is 3.00 bits per heavy atom. The second kappa shape index (κ2) is 5.01. The second-order valence-corrected chi connectivity index (χ2v) is 3.15. The minimum Gasteiger partial charge on any atom is -0.350 e. The third kappa shape index (κ3) is 2.63. The Hall–Kier alpha value is -2.24. The lowest BCUT2D eigenvalue weighted by Gasteiger charge is -2.02. The average molecular weight is 217 g/mol. The summed E-state index contributed by atoms with van der Waals surface area (Å²) >= 11 is 0. The molecule has 2 aromatic heterocycles. The molecule has 1 amide bonds. The molecule has 0 aliphatic rings. The molecule has 0 unspecified atom stereocenters. The summed E-state index contributed by atoms with van der Waals surface area (Å²) < 4.78 is 0. The van der Waals surface area contributed by atoms with Crippen LogP contribution in [0.1, 0.15) is 16.3 Å². The van der Waals surface area contributed by atoms with Crippen molar-refractivity contribution in [3.8, 4) is 0 Å². The quantitative estimate of drug-likeness (QED) is 0.764. The molecule has 0 aliphatic heterocycles. The van der Waals surface area contributed by atoms with Crippen molar-refractivity contribution < 1.29 is 4.79 Å². The number of rotatable bonds is 4. The van der Waals surface area contributed by atoms with E-state index in [9.17, 15) is 4.79 Å². The van der Waals surface area contributed by atoms with Crippen LogP contribution in [-0.2, 0) is 6.42 Å². The van der Waals surface area contributed by atoms with Crippen molar-refractivity contribution in [3.05, 3.63) is 42.2 Å². The van der Waals surface area contributed by atoms with Crippen molar-refractivity contribution in [2.45, 2.75) is 6.42 Å². The molecule has 2 aromatic rings. The van der Waals surface area contributed by atoms with Gasteiger partial charge in [0.2, 0.25) is 0 Å². The van der Waals surface area contributed by atoms with Crippen LogP contribution >= 0.6 is 0 Å². The molecule has 2 rings (SSSR count). The van der Waals surface area contributed by atoms with Gasteiger partial charge in [0.05, 0.1) is 0 Å². The maximum Gasteiger partial charge on any atom is 0.269 e. The fourth-order valence-electron chi connectivity index (χ4n) is 1.23. The van der Waals surface area contributed by atoms with Gasteiger partial charge in [-0.1, -0.05) is 6.07 Å². The number of nitrogens with one attached hydrogen (secondary N) is 2. The minimum atomic E-state index is -0.180. The Balaban J connectivity index is 1.81. The molecule has 0 radical (unpaired) electrons. The fraction of sp³-hybridized carbons (Fsp3) is 0.200. The van der Waals surface area contributed by atoms with Gasteiger partial charge in [-0.3, -0.25) is 14.9 Å². The number of H-pyrrole nitrogens is 1. The SMILES string of the molecule is O=C(NCCc1ncn[nH]1)c1ccccn1. The maximum atomic E-state index is 11.6. The molecule has 6 heteroatoms. The summed E-state index contributed by atoms with van der Waals surface area (Å²) in [4.78, 5) is 19.5. The minimum absolute atomic E-state index is 0.180. The number of carbonyl (C=O) groups excluding carboxylic acids is 1. The summed E-state index contributed by atoms with van der Waals surface area (Å²) in [7, 11) is 0. The third-order valence-corrected chi connectivity index (χ3v) is 2.01. The van der Waals surface area contributed by atoms with Crippen LogP contribution in [0, 0.1) is 0 Å². The standard InChI is InChI=1S/C10H11N5O/c16-10(8-3-1-2-5-11-8)12-6-4-9-13-7-14-15-9/h1-3,5,7H,4,6H2,(H,12,16)(H,13,14,15). The van der Waals surface area contributed by atoms with Gasteiger partial charge in [-0.2, -0.15) is 5.10 Å². The van der Waals surface area contributed by atoms with Crippen LogP contribution in [0.4, 0.5) is 0 Å². The monoisotopic (exact) mass is 217 g/mol. The van der Waals surface area contributed by atoms with Gasteiger partial charge in [-0.15, -0.1) is 0 Å². The summed E-state index contributed by atoms with van der Waals surface area (Å²) in [6.07, 6.45) is 3.65. The molecule has 0 fully saturated rings. The Labute approximate surface area is 92.1 Å². The number of hydrogen-bond acceptors (Lipinski definition) is 4. The van der Waals surface area contributed by atoms with E-state index in [-0.39, 0.29) is 5.91 Å². The van der Waals surface area contributed by atoms with Gasteiger partial charge in [0.15, 0.2) is 0 Å². The number of carbonyl (C=O) groups is 1. The van der Waals surface area contributed by atoms with E-state index in [4.69, 9.17) is 0 Å². The van der Waals surface area contributed by atoms with E-state index in [0.717, 1.165) is 5.82 Å². The molecule has 16 heavy (non-hydrogen) atoms. The van der Waals surface area contributed by atoms with Crippen molar-refractivity contribution in [2.24, 2.45) is 0 Å². The Kier molecular flexibility index (Phi) is 3.22. The summed E-state index contributed by atoms with van der Waals surface area (Å²) in [5, 5.41) is 9.19.